The lowest BCUT2D eigenvalue weighted by atomic mass is 10.1. The molecule has 0 unspecified atom stereocenters. The highest BCUT2D eigenvalue weighted by molar-refractivity contribution is 6.31. The van der Waals surface area contributed by atoms with Gasteiger partial charge in [-0.1, -0.05) is 11.6 Å². The summed E-state index contributed by atoms with van der Waals surface area (Å²) in [5, 5.41) is -0.386. The molecule has 0 aliphatic heterocycles. The molecule has 1 rings (SSSR count). The summed E-state index contributed by atoms with van der Waals surface area (Å²) in [6.45, 7) is 0.130. The second-order valence-electron chi connectivity index (χ2n) is 2.69. The van der Waals surface area contributed by atoms with Crippen LogP contribution in [0.15, 0.2) is 12.4 Å². The van der Waals surface area contributed by atoms with Gasteiger partial charge in [-0.2, -0.15) is 13.2 Å². The minimum atomic E-state index is -4.45. The molecular weight excluding hydrogens is 217 g/mol. The molecule has 0 bridgehead atoms. The molecule has 0 fully saturated rings. The van der Waals surface area contributed by atoms with E-state index in [2.05, 4.69) is 4.98 Å². The van der Waals surface area contributed by atoms with E-state index in [9.17, 15) is 13.2 Å². The smallest absolute Gasteiger partial charge is 0.330 e. The second-order valence-corrected chi connectivity index (χ2v) is 3.10. The van der Waals surface area contributed by atoms with Crippen molar-refractivity contribution in [1.29, 1.82) is 0 Å². The Morgan fingerprint density at radius 2 is 2.00 bits per heavy atom. The summed E-state index contributed by atoms with van der Waals surface area (Å²) in [7, 11) is 0. The van der Waals surface area contributed by atoms with Gasteiger partial charge in [-0.3, -0.25) is 4.98 Å². The highest BCUT2D eigenvalue weighted by atomic mass is 35.5. The number of nitrogens with two attached hydrogens (primary N) is 1. The van der Waals surface area contributed by atoms with Crippen LogP contribution in [-0.2, 0) is 12.6 Å². The van der Waals surface area contributed by atoms with Crippen LogP contribution in [-0.4, -0.2) is 11.5 Å². The van der Waals surface area contributed by atoms with Gasteiger partial charge in [0.1, 0.15) is 0 Å². The van der Waals surface area contributed by atoms with Crippen molar-refractivity contribution in [2.45, 2.75) is 12.6 Å². The maximum Gasteiger partial charge on any atom is 0.418 e. The molecule has 0 aromatic carbocycles. The van der Waals surface area contributed by atoms with Crippen molar-refractivity contribution in [3.8, 4) is 0 Å². The summed E-state index contributed by atoms with van der Waals surface area (Å²) in [6, 6.07) is 0. The lowest BCUT2D eigenvalue weighted by Gasteiger charge is -2.12. The van der Waals surface area contributed by atoms with Crippen molar-refractivity contribution >= 4 is 11.6 Å². The first-order chi connectivity index (χ1) is 6.46. The van der Waals surface area contributed by atoms with Crippen LogP contribution in [0.25, 0.3) is 0 Å². The zero-order valence-electron chi connectivity index (χ0n) is 7.11. The van der Waals surface area contributed by atoms with Gasteiger partial charge in [-0.25, -0.2) is 0 Å². The number of hydrogen-bond donors (Lipinski definition) is 1. The van der Waals surface area contributed by atoms with Crippen molar-refractivity contribution in [1.82, 2.24) is 4.98 Å². The Bertz CT molecular complexity index is 325. The Morgan fingerprint density at radius 1 is 1.36 bits per heavy atom. The Hall–Kier alpha value is -0.810. The van der Waals surface area contributed by atoms with Crippen LogP contribution in [0, 0.1) is 0 Å². The number of aromatic nitrogens is 1. The first-order valence-corrected chi connectivity index (χ1v) is 4.24. The van der Waals surface area contributed by atoms with Crippen LogP contribution in [0.2, 0.25) is 5.02 Å². The van der Waals surface area contributed by atoms with Crippen LogP contribution >= 0.6 is 11.6 Å². The normalized spacial score (nSPS) is 11.8. The van der Waals surface area contributed by atoms with E-state index in [0.29, 0.717) is 0 Å². The predicted molar refractivity (Wildman–Crippen MR) is 47.0 cm³/mol. The fourth-order valence-electron chi connectivity index (χ4n) is 1.14. The molecule has 6 heteroatoms. The van der Waals surface area contributed by atoms with Gasteiger partial charge in [0.25, 0.3) is 0 Å². The predicted octanol–water partition coefficient (Wildman–Crippen LogP) is 2.25. The number of pyridine rings is 1. The molecule has 2 nitrogen and oxygen atoms in total. The molecule has 0 spiro atoms. The van der Waals surface area contributed by atoms with Gasteiger partial charge in [0.2, 0.25) is 0 Å². The van der Waals surface area contributed by atoms with E-state index < -0.39 is 11.7 Å². The molecule has 0 saturated heterocycles. The lowest BCUT2D eigenvalue weighted by molar-refractivity contribution is -0.138. The number of halogens is 4. The minimum absolute atomic E-state index is 0.0347. The first kappa shape index (κ1) is 11.3. The third-order valence-corrected chi connectivity index (χ3v) is 1.96. The molecule has 0 amide bonds. The van der Waals surface area contributed by atoms with E-state index in [0.717, 1.165) is 12.4 Å². The summed E-state index contributed by atoms with van der Waals surface area (Å²) in [6.07, 6.45) is -2.22. The van der Waals surface area contributed by atoms with Crippen molar-refractivity contribution in [2.75, 3.05) is 6.54 Å². The molecule has 0 radical (unpaired) electrons. The molecule has 2 N–H and O–H groups in total. The van der Waals surface area contributed by atoms with E-state index in [1.807, 2.05) is 0 Å². The summed E-state index contributed by atoms with van der Waals surface area (Å²) < 4.78 is 37.4. The fraction of sp³-hybridized carbons (Fsp3) is 0.375. The number of rotatable bonds is 2. The first-order valence-electron chi connectivity index (χ1n) is 3.86. The minimum Gasteiger partial charge on any atom is -0.330 e. The largest absolute Gasteiger partial charge is 0.418 e. The third-order valence-electron chi connectivity index (χ3n) is 1.68. The van der Waals surface area contributed by atoms with Gasteiger partial charge in [-0.15, -0.1) is 0 Å². The van der Waals surface area contributed by atoms with Crippen molar-refractivity contribution in [3.05, 3.63) is 28.5 Å². The van der Waals surface area contributed by atoms with E-state index in [4.69, 9.17) is 17.3 Å². The highest BCUT2D eigenvalue weighted by Gasteiger charge is 2.35. The molecule has 1 aromatic rings. The topological polar surface area (TPSA) is 38.9 Å². The average molecular weight is 225 g/mol. The molecule has 14 heavy (non-hydrogen) atoms. The molecule has 0 saturated carbocycles. The van der Waals surface area contributed by atoms with Gasteiger partial charge in [0.15, 0.2) is 0 Å². The maximum absolute atomic E-state index is 12.5. The fourth-order valence-corrected chi connectivity index (χ4v) is 1.42. The Balaban J connectivity index is 3.22. The summed E-state index contributed by atoms with van der Waals surface area (Å²) in [4.78, 5) is 3.59. The van der Waals surface area contributed by atoms with E-state index >= 15 is 0 Å². The highest BCUT2D eigenvalue weighted by Crippen LogP contribution is 2.36. The van der Waals surface area contributed by atoms with Gasteiger partial charge < -0.3 is 5.73 Å². The molecule has 1 aromatic heterocycles. The van der Waals surface area contributed by atoms with Crippen molar-refractivity contribution < 1.29 is 13.2 Å². The van der Waals surface area contributed by atoms with Gasteiger partial charge >= 0.3 is 6.18 Å². The quantitative estimate of drug-likeness (QED) is 0.837. The second kappa shape index (κ2) is 4.14. The molecule has 0 aliphatic carbocycles. The lowest BCUT2D eigenvalue weighted by Crippen LogP contribution is -2.13. The Morgan fingerprint density at radius 3 is 2.50 bits per heavy atom. The summed E-state index contributed by atoms with van der Waals surface area (Å²) in [5.74, 6) is 0. The van der Waals surface area contributed by atoms with Crippen molar-refractivity contribution in [2.24, 2.45) is 5.73 Å². The molecule has 1 heterocycles. The Labute approximate surface area is 83.9 Å². The maximum atomic E-state index is 12.5. The van der Waals surface area contributed by atoms with Gasteiger partial charge in [0.05, 0.1) is 10.6 Å². The molecule has 0 atom stereocenters. The summed E-state index contributed by atoms with van der Waals surface area (Å²) >= 11 is 5.43. The Kier molecular flexibility index (Phi) is 3.34. The van der Waals surface area contributed by atoms with Crippen LogP contribution in [0.4, 0.5) is 13.2 Å². The SMILES string of the molecule is NCCc1cncc(Cl)c1C(F)(F)F. The van der Waals surface area contributed by atoms with Crippen LogP contribution in [0.1, 0.15) is 11.1 Å². The number of hydrogen-bond acceptors (Lipinski definition) is 2. The van der Waals surface area contributed by atoms with Gasteiger partial charge in [-0.05, 0) is 18.5 Å². The molecule has 0 aliphatic rings. The molecular formula is C8H8ClF3N2. The number of alkyl halides is 3. The van der Waals surface area contributed by atoms with E-state index in [-0.39, 0.29) is 23.6 Å². The third kappa shape index (κ3) is 2.36. The van der Waals surface area contributed by atoms with E-state index in [1.165, 1.54) is 0 Å². The summed E-state index contributed by atoms with van der Waals surface area (Å²) in [5.41, 5.74) is 4.39. The van der Waals surface area contributed by atoms with E-state index in [1.54, 1.807) is 0 Å². The molecule has 78 valence electrons. The van der Waals surface area contributed by atoms with Crippen LogP contribution < -0.4 is 5.73 Å². The monoisotopic (exact) mass is 224 g/mol. The number of nitrogens with zero attached hydrogens (tertiary/aromatic N) is 1. The zero-order chi connectivity index (χ0) is 10.8. The standard InChI is InChI=1S/C8H8ClF3N2/c9-6-4-14-3-5(1-2-13)7(6)8(10,11)12/h3-4H,1-2,13H2. The average Bonchev–Trinajstić information content (AvgIpc) is 2.02. The van der Waals surface area contributed by atoms with Crippen LogP contribution in [0.5, 0.6) is 0 Å². The van der Waals surface area contributed by atoms with Gasteiger partial charge in [0, 0.05) is 12.4 Å². The zero-order valence-corrected chi connectivity index (χ0v) is 7.86. The van der Waals surface area contributed by atoms with Crippen molar-refractivity contribution in [3.63, 3.8) is 0 Å². The van der Waals surface area contributed by atoms with Crippen LogP contribution in [0.3, 0.4) is 0 Å².